The summed E-state index contributed by atoms with van der Waals surface area (Å²) in [7, 11) is 1.38. The summed E-state index contributed by atoms with van der Waals surface area (Å²) in [4.78, 5) is 17.4. The van der Waals surface area contributed by atoms with Gasteiger partial charge in [0.25, 0.3) is 5.91 Å². The summed E-state index contributed by atoms with van der Waals surface area (Å²) in [6, 6.07) is 7.64. The summed E-state index contributed by atoms with van der Waals surface area (Å²) in [6.45, 7) is 0. The Hall–Kier alpha value is -3.36. The quantitative estimate of drug-likeness (QED) is 0.672. The molecule has 0 fully saturated rings. The Bertz CT molecular complexity index is 882. The summed E-state index contributed by atoms with van der Waals surface area (Å²) in [5.74, 6) is -0.714. The largest absolute Gasteiger partial charge is 0.481 e. The van der Waals surface area contributed by atoms with E-state index in [2.05, 4.69) is 14.7 Å². The number of methoxy groups -OCH3 is 1. The van der Waals surface area contributed by atoms with E-state index in [1.165, 1.54) is 43.5 Å². The van der Waals surface area contributed by atoms with E-state index in [1.54, 1.807) is 6.07 Å². The van der Waals surface area contributed by atoms with Crippen LogP contribution in [0.5, 0.6) is 5.88 Å². The topological polar surface area (TPSA) is 68.5 Å². The zero-order valence-electron chi connectivity index (χ0n) is 14.1. The van der Waals surface area contributed by atoms with Crippen molar-refractivity contribution in [3.63, 3.8) is 0 Å². The van der Waals surface area contributed by atoms with Gasteiger partial charge in [0, 0.05) is 6.07 Å². The highest BCUT2D eigenvalue weighted by Crippen LogP contribution is 2.41. The molecule has 0 N–H and O–H groups in total. The van der Waals surface area contributed by atoms with Crippen LogP contribution < -0.4 is 9.64 Å². The van der Waals surface area contributed by atoms with Gasteiger partial charge in [-0.25, -0.2) is 4.98 Å². The number of pyridine rings is 1. The zero-order valence-corrected chi connectivity index (χ0v) is 14.1. The average molecular weight is 377 g/mol. The first-order valence-electron chi connectivity index (χ1n) is 7.76. The maximum atomic E-state index is 14.0. The van der Waals surface area contributed by atoms with Gasteiger partial charge >= 0.3 is 6.18 Å². The molecule has 0 spiro atoms. The molecular weight excluding hydrogens is 363 g/mol. The highest BCUT2D eigenvalue weighted by atomic mass is 19.4. The van der Waals surface area contributed by atoms with Gasteiger partial charge in [0.2, 0.25) is 5.88 Å². The number of ether oxygens (including phenoxy) is 1. The lowest BCUT2D eigenvalue weighted by atomic mass is 10.0. The molecular formula is C18H14F3N3O3. The van der Waals surface area contributed by atoms with E-state index in [1.807, 2.05) is 0 Å². The van der Waals surface area contributed by atoms with Crippen molar-refractivity contribution in [2.75, 3.05) is 12.0 Å². The van der Waals surface area contributed by atoms with Gasteiger partial charge in [-0.2, -0.15) is 13.2 Å². The third-order valence-corrected chi connectivity index (χ3v) is 3.79. The molecule has 1 amide bonds. The molecule has 0 bridgehead atoms. The molecule has 0 radical (unpaired) electrons. The monoisotopic (exact) mass is 377 g/mol. The van der Waals surface area contributed by atoms with Crippen LogP contribution in [0.2, 0.25) is 0 Å². The third kappa shape index (κ3) is 3.91. The molecule has 0 saturated carbocycles. The van der Waals surface area contributed by atoms with E-state index in [9.17, 15) is 18.0 Å². The highest BCUT2D eigenvalue weighted by molar-refractivity contribution is 6.06. The van der Waals surface area contributed by atoms with Crippen molar-refractivity contribution in [1.82, 2.24) is 10.1 Å². The van der Waals surface area contributed by atoms with Gasteiger partial charge in [0.05, 0.1) is 30.8 Å². The number of aromatic nitrogens is 2. The van der Waals surface area contributed by atoms with Gasteiger partial charge in [-0.05, 0) is 11.6 Å². The number of alkyl halides is 3. The SMILES string of the molecule is COc1ccc(N(C(=O)c2cnoc2)C(c2ccccc2)C(F)(F)F)cn1. The lowest BCUT2D eigenvalue weighted by Gasteiger charge is -2.33. The van der Waals surface area contributed by atoms with E-state index < -0.39 is 18.1 Å². The van der Waals surface area contributed by atoms with Gasteiger partial charge in [-0.3, -0.25) is 9.69 Å². The smallest absolute Gasteiger partial charge is 0.413 e. The molecule has 9 heteroatoms. The van der Waals surface area contributed by atoms with Gasteiger partial charge in [-0.1, -0.05) is 35.5 Å². The maximum Gasteiger partial charge on any atom is 0.413 e. The van der Waals surface area contributed by atoms with Crippen LogP contribution in [-0.4, -0.2) is 29.3 Å². The Kier molecular flexibility index (Phi) is 5.11. The summed E-state index contributed by atoms with van der Waals surface area (Å²) in [5.41, 5.74) is -0.255. The van der Waals surface area contributed by atoms with E-state index in [-0.39, 0.29) is 22.7 Å². The predicted octanol–water partition coefficient (Wildman–Crippen LogP) is 4.03. The fourth-order valence-corrected chi connectivity index (χ4v) is 2.59. The molecule has 6 nitrogen and oxygen atoms in total. The van der Waals surface area contributed by atoms with Crippen molar-refractivity contribution in [2.24, 2.45) is 0 Å². The van der Waals surface area contributed by atoms with Crippen molar-refractivity contribution < 1.29 is 27.2 Å². The van der Waals surface area contributed by atoms with Crippen molar-refractivity contribution in [1.29, 1.82) is 0 Å². The molecule has 0 aliphatic rings. The lowest BCUT2D eigenvalue weighted by molar-refractivity contribution is -0.149. The minimum Gasteiger partial charge on any atom is -0.481 e. The zero-order chi connectivity index (χ0) is 19.4. The standard InChI is InChI=1S/C18H14F3N3O3/c1-26-15-8-7-14(10-22-15)24(17(25)13-9-23-27-11-13)16(18(19,20)21)12-5-3-2-4-6-12/h2-11,16H,1H3. The molecule has 0 aliphatic carbocycles. The van der Waals surface area contributed by atoms with E-state index in [0.29, 0.717) is 4.90 Å². The van der Waals surface area contributed by atoms with Crippen molar-refractivity contribution >= 4 is 11.6 Å². The number of benzene rings is 1. The van der Waals surface area contributed by atoms with Crippen LogP contribution >= 0.6 is 0 Å². The van der Waals surface area contributed by atoms with E-state index >= 15 is 0 Å². The number of anilines is 1. The summed E-state index contributed by atoms with van der Waals surface area (Å²) >= 11 is 0. The highest BCUT2D eigenvalue weighted by Gasteiger charge is 2.47. The Labute approximate surface area is 152 Å². The van der Waals surface area contributed by atoms with Gasteiger partial charge < -0.3 is 9.26 Å². The number of hydrogen-bond donors (Lipinski definition) is 0. The fourth-order valence-electron chi connectivity index (χ4n) is 2.59. The molecule has 0 saturated heterocycles. The second-order valence-electron chi connectivity index (χ2n) is 5.50. The molecule has 0 aliphatic heterocycles. The van der Waals surface area contributed by atoms with E-state index in [4.69, 9.17) is 4.74 Å². The second-order valence-corrected chi connectivity index (χ2v) is 5.50. The minimum atomic E-state index is -4.74. The molecule has 1 atom stereocenters. The Morgan fingerprint density at radius 3 is 2.41 bits per heavy atom. The summed E-state index contributed by atoms with van der Waals surface area (Å²) in [6.07, 6.45) is -1.55. The number of halogens is 3. The molecule has 27 heavy (non-hydrogen) atoms. The first kappa shape index (κ1) is 18.4. The third-order valence-electron chi connectivity index (χ3n) is 3.79. The molecule has 1 aromatic carbocycles. The molecule has 2 aromatic heterocycles. The predicted molar refractivity (Wildman–Crippen MR) is 89.3 cm³/mol. The number of hydrogen-bond acceptors (Lipinski definition) is 5. The summed E-state index contributed by atoms with van der Waals surface area (Å²) in [5, 5.41) is 3.40. The van der Waals surface area contributed by atoms with Crippen LogP contribution in [0.4, 0.5) is 18.9 Å². The van der Waals surface area contributed by atoms with Crippen molar-refractivity contribution in [3.8, 4) is 5.88 Å². The minimum absolute atomic E-state index is 0.0480. The van der Waals surface area contributed by atoms with Gasteiger partial charge in [0.1, 0.15) is 6.26 Å². The lowest BCUT2D eigenvalue weighted by Crippen LogP contribution is -2.42. The average Bonchev–Trinajstić information content (AvgIpc) is 3.20. The number of rotatable bonds is 5. The van der Waals surface area contributed by atoms with Gasteiger partial charge in [0.15, 0.2) is 6.04 Å². The van der Waals surface area contributed by atoms with Crippen LogP contribution in [0.3, 0.4) is 0 Å². The Balaban J connectivity index is 2.15. The first-order valence-corrected chi connectivity index (χ1v) is 7.76. The first-order chi connectivity index (χ1) is 12.9. The molecule has 3 aromatic rings. The Morgan fingerprint density at radius 1 is 1.15 bits per heavy atom. The second kappa shape index (κ2) is 7.48. The Morgan fingerprint density at radius 2 is 1.89 bits per heavy atom. The summed E-state index contributed by atoms with van der Waals surface area (Å²) < 4.78 is 51.6. The van der Waals surface area contributed by atoms with Crippen LogP contribution in [-0.2, 0) is 0 Å². The number of carbonyl (C=O) groups is 1. The number of nitrogens with zero attached hydrogens (tertiary/aromatic N) is 3. The van der Waals surface area contributed by atoms with Crippen molar-refractivity contribution in [3.05, 3.63) is 72.2 Å². The van der Waals surface area contributed by atoms with Gasteiger partial charge in [-0.15, -0.1) is 0 Å². The number of carbonyl (C=O) groups excluding carboxylic acids is 1. The molecule has 2 heterocycles. The van der Waals surface area contributed by atoms with Crippen LogP contribution in [0, 0.1) is 0 Å². The maximum absolute atomic E-state index is 14.0. The number of amides is 1. The molecule has 3 rings (SSSR count). The van der Waals surface area contributed by atoms with E-state index in [0.717, 1.165) is 18.7 Å². The van der Waals surface area contributed by atoms with Crippen LogP contribution in [0.15, 0.2) is 65.6 Å². The van der Waals surface area contributed by atoms with Crippen LogP contribution in [0.25, 0.3) is 0 Å². The fraction of sp³-hybridized carbons (Fsp3) is 0.167. The molecule has 140 valence electrons. The molecule has 1 unspecified atom stereocenters. The normalized spacial score (nSPS) is 12.4. The van der Waals surface area contributed by atoms with Crippen LogP contribution in [0.1, 0.15) is 22.0 Å². The van der Waals surface area contributed by atoms with Crippen molar-refractivity contribution in [2.45, 2.75) is 12.2 Å².